The molecule has 1 aromatic rings. The minimum absolute atomic E-state index is 0.203. The first-order chi connectivity index (χ1) is 8.66. The van der Waals surface area contributed by atoms with E-state index in [1.807, 2.05) is 0 Å². The summed E-state index contributed by atoms with van der Waals surface area (Å²) >= 11 is 0. The van der Waals surface area contributed by atoms with Crippen molar-refractivity contribution in [2.75, 3.05) is 6.61 Å². The lowest BCUT2D eigenvalue weighted by Crippen LogP contribution is -2.37. The molecular weight excluding hydrogens is 238 g/mol. The average Bonchev–Trinajstić information content (AvgIpc) is 2.40. The number of esters is 2. The zero-order valence-corrected chi connectivity index (χ0v) is 9.35. The first kappa shape index (κ1) is 12.3. The number of cyclic esters (lactones) is 1. The Labute approximate surface area is 103 Å². The Kier molecular flexibility index (Phi) is 3.69. The fraction of sp³-hybridized carbons (Fsp3) is 0.250. The van der Waals surface area contributed by atoms with E-state index in [0.717, 1.165) is 6.08 Å². The number of nitrogens with zero attached hydrogens (tertiary/aromatic N) is 1. The minimum Gasteiger partial charge on any atom is -0.458 e. The highest BCUT2D eigenvalue weighted by Crippen LogP contribution is 2.10. The van der Waals surface area contributed by atoms with E-state index in [9.17, 15) is 14.7 Å². The summed E-state index contributed by atoms with van der Waals surface area (Å²) in [5.74, 6) is -1.15. The third kappa shape index (κ3) is 2.92. The second kappa shape index (κ2) is 5.42. The smallest absolute Gasteiger partial charge is 0.339 e. The van der Waals surface area contributed by atoms with Crippen LogP contribution in [0.1, 0.15) is 10.4 Å². The Bertz CT molecular complexity index is 471. The fourth-order valence-electron chi connectivity index (χ4n) is 1.42. The number of hydrogen-bond donors (Lipinski definition) is 1. The topological polar surface area (TPSA) is 85.7 Å². The van der Waals surface area contributed by atoms with Crippen LogP contribution in [0.15, 0.2) is 36.7 Å². The summed E-state index contributed by atoms with van der Waals surface area (Å²) in [5, 5.41) is 9.50. The highest BCUT2D eigenvalue weighted by atomic mass is 16.6. The largest absolute Gasteiger partial charge is 0.458 e. The number of ether oxygens (including phenoxy) is 2. The van der Waals surface area contributed by atoms with E-state index in [2.05, 4.69) is 4.98 Å². The van der Waals surface area contributed by atoms with Gasteiger partial charge >= 0.3 is 11.9 Å². The monoisotopic (exact) mass is 249 g/mol. The predicted octanol–water partition coefficient (Wildman–Crippen LogP) is 0.0809. The van der Waals surface area contributed by atoms with Gasteiger partial charge < -0.3 is 14.6 Å². The summed E-state index contributed by atoms with van der Waals surface area (Å²) in [6.07, 6.45) is 3.49. The average molecular weight is 249 g/mol. The molecule has 1 aliphatic heterocycles. The van der Waals surface area contributed by atoms with Crippen molar-refractivity contribution >= 4 is 11.9 Å². The Morgan fingerprint density at radius 3 is 3.11 bits per heavy atom. The molecule has 6 nitrogen and oxygen atoms in total. The molecule has 0 unspecified atom stereocenters. The molecule has 2 atom stereocenters. The number of carbonyl (C=O) groups is 2. The molecule has 94 valence electrons. The van der Waals surface area contributed by atoms with Crippen molar-refractivity contribution < 1.29 is 24.2 Å². The molecule has 0 bridgehead atoms. The van der Waals surface area contributed by atoms with Crippen LogP contribution in [-0.4, -0.2) is 40.8 Å². The first-order valence-electron chi connectivity index (χ1n) is 5.31. The standard InChI is InChI=1S/C12H11NO5/c14-9-3-4-11(15)18-10(9)7-17-12(16)8-2-1-5-13-6-8/h1-6,9-10,14H,7H2/t9-,10+/m0/s1. The van der Waals surface area contributed by atoms with Gasteiger partial charge in [0, 0.05) is 18.5 Å². The molecule has 0 radical (unpaired) electrons. The van der Waals surface area contributed by atoms with Crippen molar-refractivity contribution in [1.82, 2.24) is 4.98 Å². The van der Waals surface area contributed by atoms with Crippen molar-refractivity contribution in [2.24, 2.45) is 0 Å². The molecule has 0 aromatic carbocycles. The van der Waals surface area contributed by atoms with Crippen LogP contribution in [0.4, 0.5) is 0 Å². The van der Waals surface area contributed by atoms with Gasteiger partial charge in [-0.05, 0) is 18.2 Å². The molecule has 0 spiro atoms. The summed E-state index contributed by atoms with van der Waals surface area (Å²) < 4.78 is 9.75. The van der Waals surface area contributed by atoms with Crippen molar-refractivity contribution in [3.63, 3.8) is 0 Å². The molecule has 0 saturated heterocycles. The third-order valence-corrected chi connectivity index (χ3v) is 2.35. The lowest BCUT2D eigenvalue weighted by molar-refractivity contribution is -0.152. The van der Waals surface area contributed by atoms with Gasteiger partial charge in [-0.1, -0.05) is 0 Å². The van der Waals surface area contributed by atoms with Crippen LogP contribution >= 0.6 is 0 Å². The Hall–Kier alpha value is -2.21. The van der Waals surface area contributed by atoms with Crippen LogP contribution in [0.3, 0.4) is 0 Å². The molecule has 0 fully saturated rings. The summed E-state index contributed by atoms with van der Waals surface area (Å²) in [5.41, 5.74) is 0.296. The Morgan fingerprint density at radius 1 is 1.56 bits per heavy atom. The lowest BCUT2D eigenvalue weighted by Gasteiger charge is -2.23. The van der Waals surface area contributed by atoms with Gasteiger partial charge in [-0.3, -0.25) is 4.98 Å². The summed E-state index contributed by atoms with van der Waals surface area (Å²) in [4.78, 5) is 26.3. The van der Waals surface area contributed by atoms with Gasteiger partial charge in [0.05, 0.1) is 5.56 Å². The first-order valence-corrected chi connectivity index (χ1v) is 5.31. The number of rotatable bonds is 3. The minimum atomic E-state index is -0.968. The van der Waals surface area contributed by atoms with E-state index < -0.39 is 24.1 Å². The quantitative estimate of drug-likeness (QED) is 0.763. The zero-order chi connectivity index (χ0) is 13.0. The second-order valence-corrected chi connectivity index (χ2v) is 3.67. The van der Waals surface area contributed by atoms with Gasteiger partial charge in [0.15, 0.2) is 6.10 Å². The zero-order valence-electron chi connectivity index (χ0n) is 9.35. The van der Waals surface area contributed by atoms with Crippen LogP contribution in [0.25, 0.3) is 0 Å². The SMILES string of the molecule is O=C1C=C[C@H](O)[C@@H](COC(=O)c2cccnc2)O1. The van der Waals surface area contributed by atoms with E-state index in [1.54, 1.807) is 12.1 Å². The summed E-state index contributed by atoms with van der Waals surface area (Å²) in [6.45, 7) is -0.203. The maximum absolute atomic E-state index is 11.6. The lowest BCUT2D eigenvalue weighted by atomic mass is 10.1. The molecule has 1 N–H and O–H groups in total. The van der Waals surface area contributed by atoms with E-state index in [4.69, 9.17) is 9.47 Å². The molecule has 6 heteroatoms. The third-order valence-electron chi connectivity index (χ3n) is 2.35. The van der Waals surface area contributed by atoms with E-state index in [0.29, 0.717) is 5.56 Å². The van der Waals surface area contributed by atoms with Gasteiger partial charge in [0.1, 0.15) is 12.7 Å². The van der Waals surface area contributed by atoms with Gasteiger partial charge in [0.2, 0.25) is 0 Å². The summed E-state index contributed by atoms with van der Waals surface area (Å²) in [6, 6.07) is 3.16. The molecule has 2 heterocycles. The van der Waals surface area contributed by atoms with Crippen LogP contribution in [-0.2, 0) is 14.3 Å². The molecule has 0 saturated carbocycles. The number of aliphatic hydroxyl groups excluding tert-OH is 1. The van der Waals surface area contributed by atoms with Gasteiger partial charge in [-0.25, -0.2) is 9.59 Å². The number of aliphatic hydroxyl groups is 1. The number of aromatic nitrogens is 1. The van der Waals surface area contributed by atoms with E-state index >= 15 is 0 Å². The number of carbonyl (C=O) groups excluding carboxylic acids is 2. The van der Waals surface area contributed by atoms with E-state index in [1.165, 1.54) is 18.5 Å². The van der Waals surface area contributed by atoms with Crippen LogP contribution in [0.2, 0.25) is 0 Å². The molecular formula is C12H11NO5. The second-order valence-electron chi connectivity index (χ2n) is 3.67. The highest BCUT2D eigenvalue weighted by molar-refractivity contribution is 5.89. The van der Waals surface area contributed by atoms with Crippen molar-refractivity contribution in [2.45, 2.75) is 12.2 Å². The van der Waals surface area contributed by atoms with Gasteiger partial charge in [-0.15, -0.1) is 0 Å². The number of pyridine rings is 1. The maximum atomic E-state index is 11.6. The van der Waals surface area contributed by atoms with Crippen LogP contribution in [0, 0.1) is 0 Å². The normalized spacial score (nSPS) is 22.4. The van der Waals surface area contributed by atoms with E-state index in [-0.39, 0.29) is 6.61 Å². The van der Waals surface area contributed by atoms with Crippen molar-refractivity contribution in [1.29, 1.82) is 0 Å². The Balaban J connectivity index is 1.90. The van der Waals surface area contributed by atoms with Crippen LogP contribution < -0.4 is 0 Å². The maximum Gasteiger partial charge on any atom is 0.339 e. The molecule has 18 heavy (non-hydrogen) atoms. The molecule has 2 rings (SSSR count). The van der Waals surface area contributed by atoms with Crippen molar-refractivity contribution in [3.05, 3.63) is 42.2 Å². The molecule has 0 aliphatic carbocycles. The molecule has 1 aliphatic rings. The van der Waals surface area contributed by atoms with Gasteiger partial charge in [-0.2, -0.15) is 0 Å². The van der Waals surface area contributed by atoms with Crippen LogP contribution in [0.5, 0.6) is 0 Å². The predicted molar refractivity (Wildman–Crippen MR) is 59.5 cm³/mol. The highest BCUT2D eigenvalue weighted by Gasteiger charge is 2.26. The van der Waals surface area contributed by atoms with Gasteiger partial charge in [0.25, 0.3) is 0 Å². The number of hydrogen-bond acceptors (Lipinski definition) is 6. The fourth-order valence-corrected chi connectivity index (χ4v) is 1.42. The Morgan fingerprint density at radius 2 is 2.39 bits per heavy atom. The van der Waals surface area contributed by atoms with Crippen molar-refractivity contribution in [3.8, 4) is 0 Å². The summed E-state index contributed by atoms with van der Waals surface area (Å²) in [7, 11) is 0. The molecule has 0 amide bonds. The molecule has 1 aromatic heterocycles.